The van der Waals surface area contributed by atoms with Crippen LogP contribution < -0.4 is 4.72 Å². The third-order valence-electron chi connectivity index (χ3n) is 3.73. The van der Waals surface area contributed by atoms with Crippen molar-refractivity contribution in [3.8, 4) is 0 Å². The van der Waals surface area contributed by atoms with Gasteiger partial charge in [-0.1, -0.05) is 6.92 Å². The standard InChI is InChI=1S/C12H17NO4S2/c1-3-12(4-5-12)7-13-19(16,17)10-8(2)6-18-9(10)11(14)15/h6,13H,3-5,7H2,1-2H3,(H,14,15). The van der Waals surface area contributed by atoms with Crippen molar-refractivity contribution in [2.75, 3.05) is 6.54 Å². The van der Waals surface area contributed by atoms with Gasteiger partial charge >= 0.3 is 5.97 Å². The average Bonchev–Trinajstić information content (AvgIpc) is 3.02. The van der Waals surface area contributed by atoms with Gasteiger partial charge in [-0.2, -0.15) is 0 Å². The smallest absolute Gasteiger partial charge is 0.347 e. The number of carboxylic acids is 1. The first kappa shape index (κ1) is 14.5. The second-order valence-corrected chi connectivity index (χ2v) is 7.64. The quantitative estimate of drug-likeness (QED) is 0.844. The van der Waals surface area contributed by atoms with Gasteiger partial charge in [-0.3, -0.25) is 0 Å². The van der Waals surface area contributed by atoms with Gasteiger partial charge in [-0.25, -0.2) is 17.9 Å². The molecule has 0 aromatic carbocycles. The van der Waals surface area contributed by atoms with Crippen molar-refractivity contribution in [1.29, 1.82) is 0 Å². The van der Waals surface area contributed by atoms with E-state index in [2.05, 4.69) is 4.72 Å². The van der Waals surface area contributed by atoms with Crippen LogP contribution in [0.15, 0.2) is 10.3 Å². The second-order valence-electron chi connectivity index (χ2n) is 5.06. The summed E-state index contributed by atoms with van der Waals surface area (Å²) in [6.07, 6.45) is 2.99. The Hall–Kier alpha value is -0.920. The average molecular weight is 303 g/mol. The van der Waals surface area contributed by atoms with Crippen molar-refractivity contribution in [1.82, 2.24) is 4.72 Å². The van der Waals surface area contributed by atoms with Crippen LogP contribution in [0.1, 0.15) is 41.4 Å². The molecule has 1 aromatic heterocycles. The minimum atomic E-state index is -3.75. The van der Waals surface area contributed by atoms with Gasteiger partial charge in [-0.15, -0.1) is 11.3 Å². The first-order valence-corrected chi connectivity index (χ1v) is 8.49. The van der Waals surface area contributed by atoms with Crippen LogP contribution in [-0.4, -0.2) is 26.0 Å². The molecule has 1 aliphatic carbocycles. The Bertz CT molecular complexity index is 599. The van der Waals surface area contributed by atoms with Crippen LogP contribution in [0.25, 0.3) is 0 Å². The van der Waals surface area contributed by atoms with E-state index < -0.39 is 16.0 Å². The molecule has 1 saturated carbocycles. The van der Waals surface area contributed by atoms with Crippen LogP contribution in [-0.2, 0) is 10.0 Å². The number of aromatic carboxylic acids is 1. The highest BCUT2D eigenvalue weighted by atomic mass is 32.2. The molecule has 0 aliphatic heterocycles. The Morgan fingerprint density at radius 2 is 2.16 bits per heavy atom. The Morgan fingerprint density at radius 1 is 1.53 bits per heavy atom. The molecule has 1 aromatic rings. The van der Waals surface area contributed by atoms with Gasteiger partial charge in [0.2, 0.25) is 10.0 Å². The van der Waals surface area contributed by atoms with Gasteiger partial charge in [0.05, 0.1) is 0 Å². The van der Waals surface area contributed by atoms with E-state index in [4.69, 9.17) is 5.11 Å². The lowest BCUT2D eigenvalue weighted by atomic mass is 10.1. The molecule has 0 saturated heterocycles. The third-order valence-corrected chi connectivity index (χ3v) is 6.53. The molecule has 0 bridgehead atoms. The fourth-order valence-corrected chi connectivity index (χ4v) is 4.85. The largest absolute Gasteiger partial charge is 0.477 e. The highest BCUT2D eigenvalue weighted by molar-refractivity contribution is 7.89. The summed E-state index contributed by atoms with van der Waals surface area (Å²) in [6.45, 7) is 4.05. The van der Waals surface area contributed by atoms with Crippen LogP contribution in [0.3, 0.4) is 0 Å². The number of hydrogen-bond donors (Lipinski definition) is 2. The molecule has 106 valence electrons. The maximum Gasteiger partial charge on any atom is 0.347 e. The van der Waals surface area contributed by atoms with E-state index in [-0.39, 0.29) is 15.2 Å². The van der Waals surface area contributed by atoms with E-state index in [0.29, 0.717) is 12.1 Å². The van der Waals surface area contributed by atoms with Gasteiger partial charge in [0.15, 0.2) is 0 Å². The van der Waals surface area contributed by atoms with Crippen molar-refractivity contribution in [2.24, 2.45) is 5.41 Å². The minimum absolute atomic E-state index is 0.0837. The van der Waals surface area contributed by atoms with Gasteiger partial charge in [0, 0.05) is 6.54 Å². The minimum Gasteiger partial charge on any atom is -0.477 e. The van der Waals surface area contributed by atoms with Crippen molar-refractivity contribution in [2.45, 2.75) is 38.0 Å². The first-order chi connectivity index (χ1) is 8.81. The molecule has 2 N–H and O–H groups in total. The molecular formula is C12H17NO4S2. The summed E-state index contributed by atoms with van der Waals surface area (Å²) in [7, 11) is -3.75. The molecule has 0 atom stereocenters. The fourth-order valence-electron chi connectivity index (χ4n) is 2.07. The van der Waals surface area contributed by atoms with E-state index in [1.165, 1.54) is 0 Å². The Morgan fingerprint density at radius 3 is 2.63 bits per heavy atom. The Kier molecular flexibility index (Phi) is 3.72. The summed E-state index contributed by atoms with van der Waals surface area (Å²) >= 11 is 0.947. The molecule has 0 unspecified atom stereocenters. The predicted molar refractivity (Wildman–Crippen MR) is 73.2 cm³/mol. The molecule has 7 heteroatoms. The maximum atomic E-state index is 12.3. The fraction of sp³-hybridized carbons (Fsp3) is 0.583. The lowest BCUT2D eigenvalue weighted by molar-refractivity contribution is 0.0698. The van der Waals surface area contributed by atoms with Crippen LogP contribution >= 0.6 is 11.3 Å². The van der Waals surface area contributed by atoms with Crippen LogP contribution in [0.4, 0.5) is 0 Å². The summed E-state index contributed by atoms with van der Waals surface area (Å²) in [5.41, 5.74) is 0.566. The monoisotopic (exact) mass is 303 g/mol. The van der Waals surface area contributed by atoms with E-state index in [1.807, 2.05) is 6.92 Å². The molecule has 2 rings (SSSR count). The Labute approximate surface area is 116 Å². The van der Waals surface area contributed by atoms with Crippen molar-refractivity contribution in [3.05, 3.63) is 15.8 Å². The number of sulfonamides is 1. The SMILES string of the molecule is CCC1(CNS(=O)(=O)c2c(C)csc2C(=O)O)CC1. The number of carboxylic acid groups (broad SMARTS) is 1. The first-order valence-electron chi connectivity index (χ1n) is 6.12. The Balaban J connectivity index is 2.24. The van der Waals surface area contributed by atoms with Crippen molar-refractivity contribution < 1.29 is 18.3 Å². The highest BCUT2D eigenvalue weighted by Crippen LogP contribution is 2.48. The zero-order valence-corrected chi connectivity index (χ0v) is 12.5. The third kappa shape index (κ3) is 2.82. The normalized spacial score (nSPS) is 17.4. The van der Waals surface area contributed by atoms with Gasteiger partial charge < -0.3 is 5.11 Å². The van der Waals surface area contributed by atoms with Gasteiger partial charge in [0.1, 0.15) is 9.77 Å². The van der Waals surface area contributed by atoms with Crippen molar-refractivity contribution >= 4 is 27.3 Å². The number of aryl methyl sites for hydroxylation is 1. The van der Waals surface area contributed by atoms with Gasteiger partial charge in [-0.05, 0) is 42.5 Å². The summed E-state index contributed by atoms with van der Waals surface area (Å²) in [4.78, 5) is 10.9. The molecule has 0 radical (unpaired) electrons. The number of carbonyl (C=O) groups is 1. The number of rotatable bonds is 6. The molecule has 1 heterocycles. The number of thiophene rings is 1. The molecule has 0 spiro atoms. The summed E-state index contributed by atoms with van der Waals surface area (Å²) < 4.78 is 27.1. The van der Waals surface area contributed by atoms with E-state index in [9.17, 15) is 13.2 Å². The zero-order valence-electron chi connectivity index (χ0n) is 10.9. The summed E-state index contributed by atoms with van der Waals surface area (Å²) in [6, 6.07) is 0. The molecular weight excluding hydrogens is 286 g/mol. The summed E-state index contributed by atoms with van der Waals surface area (Å²) in [5, 5.41) is 10.6. The molecule has 0 amide bonds. The molecule has 5 nitrogen and oxygen atoms in total. The predicted octanol–water partition coefficient (Wildman–Crippen LogP) is 2.22. The number of hydrogen-bond acceptors (Lipinski definition) is 4. The number of nitrogens with one attached hydrogen (secondary N) is 1. The molecule has 1 aliphatic rings. The topological polar surface area (TPSA) is 83.5 Å². The highest BCUT2D eigenvalue weighted by Gasteiger charge is 2.41. The van der Waals surface area contributed by atoms with Gasteiger partial charge in [0.25, 0.3) is 0 Å². The van der Waals surface area contributed by atoms with Crippen molar-refractivity contribution in [3.63, 3.8) is 0 Å². The van der Waals surface area contributed by atoms with Crippen LogP contribution in [0.2, 0.25) is 0 Å². The molecule has 1 fully saturated rings. The van der Waals surface area contributed by atoms with Crippen LogP contribution in [0.5, 0.6) is 0 Å². The summed E-state index contributed by atoms with van der Waals surface area (Å²) in [5.74, 6) is -1.20. The van der Waals surface area contributed by atoms with E-state index in [1.54, 1.807) is 12.3 Å². The lowest BCUT2D eigenvalue weighted by Crippen LogP contribution is -2.31. The second kappa shape index (κ2) is 4.88. The van der Waals surface area contributed by atoms with Crippen LogP contribution in [0, 0.1) is 12.3 Å². The van der Waals surface area contributed by atoms with E-state index >= 15 is 0 Å². The van der Waals surface area contributed by atoms with E-state index in [0.717, 1.165) is 30.6 Å². The maximum absolute atomic E-state index is 12.3. The molecule has 19 heavy (non-hydrogen) atoms. The lowest BCUT2D eigenvalue weighted by Gasteiger charge is -2.14. The zero-order chi connectivity index (χ0) is 14.3.